The molecule has 1 amide bonds. The van der Waals surface area contributed by atoms with Gasteiger partial charge in [0.2, 0.25) is 0 Å². The molecule has 0 radical (unpaired) electrons. The maximum absolute atomic E-state index is 11.6. The molecule has 0 atom stereocenters. The number of methoxy groups -OCH3 is 1. The molecule has 0 aliphatic carbocycles. The van der Waals surface area contributed by atoms with Gasteiger partial charge in [0, 0.05) is 13.7 Å². The van der Waals surface area contributed by atoms with Crippen LogP contribution >= 0.6 is 0 Å². The summed E-state index contributed by atoms with van der Waals surface area (Å²) in [7, 11) is 1.53. The number of nitrogens with zero attached hydrogens (tertiary/aromatic N) is 1. The molecule has 0 aliphatic rings. The van der Waals surface area contributed by atoms with Gasteiger partial charge in [0.25, 0.3) is 0 Å². The van der Waals surface area contributed by atoms with Crippen LogP contribution in [-0.2, 0) is 19.0 Å². The zero-order chi connectivity index (χ0) is 15.2. The molecule has 0 spiro atoms. The molecule has 118 valence electrons. The van der Waals surface area contributed by atoms with E-state index in [1.165, 1.54) is 12.0 Å². The topological polar surface area (TPSA) is 65.1 Å². The van der Waals surface area contributed by atoms with E-state index >= 15 is 0 Å². The minimum atomic E-state index is -0.521. The molecule has 6 nitrogen and oxygen atoms in total. The number of hydrogen-bond donors (Lipinski definition) is 0. The predicted octanol–water partition coefficient (Wildman–Crippen LogP) is 2.21. The molecule has 0 saturated heterocycles. The summed E-state index contributed by atoms with van der Waals surface area (Å²) in [6.45, 7) is 5.16. The molecule has 0 aromatic rings. The summed E-state index contributed by atoms with van der Waals surface area (Å²) < 4.78 is 14.8. The second kappa shape index (κ2) is 12.7. The lowest BCUT2D eigenvalue weighted by atomic mass is 10.2. The van der Waals surface area contributed by atoms with E-state index in [0.717, 1.165) is 25.7 Å². The third-order valence-corrected chi connectivity index (χ3v) is 2.73. The van der Waals surface area contributed by atoms with Gasteiger partial charge in [0.15, 0.2) is 0 Å². The van der Waals surface area contributed by atoms with E-state index in [2.05, 4.69) is 6.92 Å². The van der Waals surface area contributed by atoms with Crippen LogP contribution in [0.15, 0.2) is 0 Å². The maximum atomic E-state index is 11.6. The fourth-order valence-corrected chi connectivity index (χ4v) is 1.53. The second-order valence-electron chi connectivity index (χ2n) is 4.40. The van der Waals surface area contributed by atoms with Crippen LogP contribution in [0.1, 0.15) is 39.5 Å². The zero-order valence-corrected chi connectivity index (χ0v) is 12.9. The normalized spacial score (nSPS) is 10.2. The van der Waals surface area contributed by atoms with E-state index < -0.39 is 12.1 Å². The van der Waals surface area contributed by atoms with Gasteiger partial charge < -0.3 is 14.2 Å². The molecule has 0 bridgehead atoms. The monoisotopic (exact) mass is 289 g/mol. The largest absolute Gasteiger partial charge is 0.464 e. The smallest absolute Gasteiger partial charge is 0.410 e. The van der Waals surface area contributed by atoms with Crippen molar-refractivity contribution in [2.75, 3.05) is 40.0 Å². The second-order valence-corrected chi connectivity index (χ2v) is 4.40. The van der Waals surface area contributed by atoms with Crippen LogP contribution < -0.4 is 0 Å². The molecule has 0 rings (SSSR count). The van der Waals surface area contributed by atoms with Crippen LogP contribution in [0.25, 0.3) is 0 Å². The van der Waals surface area contributed by atoms with Crippen molar-refractivity contribution in [1.82, 2.24) is 4.90 Å². The van der Waals surface area contributed by atoms with E-state index in [1.807, 2.05) is 0 Å². The summed E-state index contributed by atoms with van der Waals surface area (Å²) in [5, 5.41) is 0. The van der Waals surface area contributed by atoms with Gasteiger partial charge in [-0.1, -0.05) is 26.2 Å². The summed E-state index contributed by atoms with van der Waals surface area (Å²) >= 11 is 0. The summed E-state index contributed by atoms with van der Waals surface area (Å²) in [5.41, 5.74) is 0. The highest BCUT2D eigenvalue weighted by atomic mass is 16.6. The predicted molar refractivity (Wildman–Crippen MR) is 75.6 cm³/mol. The number of hydrogen-bond acceptors (Lipinski definition) is 5. The Morgan fingerprint density at radius 2 is 1.70 bits per heavy atom. The molecule has 0 aromatic carbocycles. The van der Waals surface area contributed by atoms with Gasteiger partial charge in [-0.15, -0.1) is 0 Å². The fourth-order valence-electron chi connectivity index (χ4n) is 1.53. The number of rotatable bonds is 11. The van der Waals surface area contributed by atoms with Crippen LogP contribution in [0.4, 0.5) is 4.79 Å². The summed E-state index contributed by atoms with van der Waals surface area (Å²) in [6.07, 6.45) is 3.69. The molecule has 20 heavy (non-hydrogen) atoms. The summed E-state index contributed by atoms with van der Waals surface area (Å²) in [6, 6.07) is 0. The lowest BCUT2D eigenvalue weighted by Gasteiger charge is -2.19. The first-order valence-corrected chi connectivity index (χ1v) is 7.21. The van der Waals surface area contributed by atoms with Crippen molar-refractivity contribution >= 4 is 12.1 Å². The SMILES string of the molecule is CCCCCCOC(=O)CN(CC)C(=O)OCCOC. The lowest BCUT2D eigenvalue weighted by molar-refractivity contribution is -0.144. The molecular formula is C14H27NO5. The van der Waals surface area contributed by atoms with Gasteiger partial charge in [-0.2, -0.15) is 0 Å². The minimum Gasteiger partial charge on any atom is -0.464 e. The van der Waals surface area contributed by atoms with Gasteiger partial charge in [-0.05, 0) is 13.3 Å². The number of amides is 1. The molecule has 0 aromatic heterocycles. The van der Waals surface area contributed by atoms with Crippen molar-refractivity contribution in [3.63, 3.8) is 0 Å². The molecule has 0 heterocycles. The van der Waals surface area contributed by atoms with Gasteiger partial charge >= 0.3 is 12.1 Å². The number of ether oxygens (including phenoxy) is 3. The van der Waals surface area contributed by atoms with E-state index in [9.17, 15) is 9.59 Å². The number of carbonyl (C=O) groups is 2. The first-order chi connectivity index (χ1) is 9.65. The summed E-state index contributed by atoms with van der Waals surface area (Å²) in [4.78, 5) is 24.5. The number of esters is 1. The van der Waals surface area contributed by atoms with Gasteiger partial charge in [0.05, 0.1) is 13.2 Å². The Morgan fingerprint density at radius 1 is 0.950 bits per heavy atom. The Bertz CT molecular complexity index is 270. The quantitative estimate of drug-likeness (QED) is 0.431. The Hall–Kier alpha value is -1.30. The number of unbranched alkanes of at least 4 members (excludes halogenated alkanes) is 3. The van der Waals surface area contributed by atoms with Crippen LogP contribution in [0.2, 0.25) is 0 Å². The average Bonchev–Trinajstić information content (AvgIpc) is 2.44. The Kier molecular flexibility index (Phi) is 11.9. The van der Waals surface area contributed by atoms with Crippen molar-refractivity contribution in [3.05, 3.63) is 0 Å². The van der Waals surface area contributed by atoms with Gasteiger partial charge in [0.1, 0.15) is 13.2 Å². The van der Waals surface area contributed by atoms with Crippen LogP contribution in [0.3, 0.4) is 0 Å². The highest BCUT2D eigenvalue weighted by molar-refractivity contribution is 5.78. The van der Waals surface area contributed by atoms with Crippen molar-refractivity contribution < 1.29 is 23.8 Å². The van der Waals surface area contributed by atoms with E-state index in [0.29, 0.717) is 19.8 Å². The van der Waals surface area contributed by atoms with Crippen LogP contribution in [0, 0.1) is 0 Å². The molecular weight excluding hydrogens is 262 g/mol. The van der Waals surface area contributed by atoms with Crippen molar-refractivity contribution in [2.45, 2.75) is 39.5 Å². The van der Waals surface area contributed by atoms with Crippen molar-refractivity contribution in [3.8, 4) is 0 Å². The standard InChI is InChI=1S/C14H27NO5/c1-4-6-7-8-9-19-13(16)12-15(5-2)14(17)20-11-10-18-3/h4-12H2,1-3H3. The Balaban J connectivity index is 3.84. The molecule has 0 fully saturated rings. The Morgan fingerprint density at radius 3 is 2.30 bits per heavy atom. The molecule has 0 saturated carbocycles. The molecule has 0 aliphatic heterocycles. The Labute approximate surface area is 121 Å². The molecule has 6 heteroatoms. The number of likely N-dealkylation sites (N-methyl/N-ethyl adjacent to an activating group) is 1. The summed E-state index contributed by atoms with van der Waals surface area (Å²) in [5.74, 6) is -0.396. The van der Waals surface area contributed by atoms with E-state index in [1.54, 1.807) is 6.92 Å². The lowest BCUT2D eigenvalue weighted by Crippen LogP contribution is -2.37. The average molecular weight is 289 g/mol. The zero-order valence-electron chi connectivity index (χ0n) is 12.9. The third-order valence-electron chi connectivity index (χ3n) is 2.73. The van der Waals surface area contributed by atoms with Crippen molar-refractivity contribution in [2.24, 2.45) is 0 Å². The van der Waals surface area contributed by atoms with Gasteiger partial charge in [-0.3, -0.25) is 9.69 Å². The minimum absolute atomic E-state index is 0.0733. The van der Waals surface area contributed by atoms with Gasteiger partial charge in [-0.25, -0.2) is 4.79 Å². The van der Waals surface area contributed by atoms with Crippen molar-refractivity contribution in [1.29, 1.82) is 0 Å². The van der Waals surface area contributed by atoms with E-state index in [-0.39, 0.29) is 13.2 Å². The first-order valence-electron chi connectivity index (χ1n) is 7.21. The highest BCUT2D eigenvalue weighted by Gasteiger charge is 2.17. The molecule has 0 unspecified atom stereocenters. The number of carbonyl (C=O) groups excluding carboxylic acids is 2. The van der Waals surface area contributed by atoms with Crippen LogP contribution in [-0.4, -0.2) is 57.0 Å². The van der Waals surface area contributed by atoms with Crippen LogP contribution in [0.5, 0.6) is 0 Å². The molecule has 0 N–H and O–H groups in total. The highest BCUT2D eigenvalue weighted by Crippen LogP contribution is 2.00. The van der Waals surface area contributed by atoms with E-state index in [4.69, 9.17) is 14.2 Å². The first kappa shape index (κ1) is 18.7. The fraction of sp³-hybridized carbons (Fsp3) is 0.857. The maximum Gasteiger partial charge on any atom is 0.410 e. The third kappa shape index (κ3) is 9.61.